The Morgan fingerprint density at radius 3 is 2.07 bits per heavy atom. The molecule has 0 bridgehead atoms. The minimum atomic E-state index is -5.31. The van der Waals surface area contributed by atoms with Crippen LogP contribution in [0.25, 0.3) is 0 Å². The fourth-order valence-electron chi connectivity index (χ4n) is 2.10. The summed E-state index contributed by atoms with van der Waals surface area (Å²) in [6.07, 6.45) is -6.02. The van der Waals surface area contributed by atoms with Gasteiger partial charge >= 0.3 is 18.1 Å². The second kappa shape index (κ2) is 11.8. The van der Waals surface area contributed by atoms with E-state index in [0.717, 1.165) is 0 Å². The lowest BCUT2D eigenvalue weighted by Gasteiger charge is -2.16. The molecule has 0 radical (unpaired) electrons. The van der Waals surface area contributed by atoms with Crippen LogP contribution in [0.15, 0.2) is 41.6 Å². The van der Waals surface area contributed by atoms with Gasteiger partial charge in [0, 0.05) is 12.2 Å². The van der Waals surface area contributed by atoms with Crippen LogP contribution in [-0.4, -0.2) is 42.6 Å². The van der Waals surface area contributed by atoms with Gasteiger partial charge in [0.15, 0.2) is 0 Å². The van der Waals surface area contributed by atoms with E-state index in [4.69, 9.17) is 4.74 Å². The molecular weight excluding hydrogens is 383 g/mol. The summed E-state index contributed by atoms with van der Waals surface area (Å²) in [4.78, 5) is 35.6. The number of hydrogen-bond donors (Lipinski definition) is 1. The van der Waals surface area contributed by atoms with E-state index in [1.807, 2.05) is 0 Å². The van der Waals surface area contributed by atoms with Gasteiger partial charge in [0.05, 0.1) is 19.6 Å². The van der Waals surface area contributed by atoms with Crippen LogP contribution in [0, 0.1) is 0 Å². The van der Waals surface area contributed by atoms with Crippen molar-refractivity contribution < 1.29 is 42.5 Å². The van der Waals surface area contributed by atoms with Crippen molar-refractivity contribution in [3.05, 3.63) is 47.2 Å². The van der Waals surface area contributed by atoms with E-state index in [9.17, 15) is 27.6 Å². The maximum absolute atomic E-state index is 13.0. The lowest BCUT2D eigenvalue weighted by atomic mass is 10.1. The molecule has 0 saturated carbocycles. The second-order valence-electron chi connectivity index (χ2n) is 5.22. The molecule has 0 aliphatic rings. The van der Waals surface area contributed by atoms with Gasteiger partial charge in [-0.05, 0) is 19.4 Å². The predicted octanol–water partition coefficient (Wildman–Crippen LogP) is 1.85. The average Bonchev–Trinajstić information content (AvgIpc) is 2.60. The van der Waals surface area contributed by atoms with Crippen LogP contribution in [0.5, 0.6) is 0 Å². The number of hydrogen-bond acceptors (Lipinski definition) is 6. The number of esters is 2. The molecule has 10 heteroatoms. The van der Waals surface area contributed by atoms with Crippen LogP contribution in [0.3, 0.4) is 0 Å². The van der Waals surface area contributed by atoms with Crippen LogP contribution >= 0.6 is 0 Å². The van der Waals surface area contributed by atoms with Gasteiger partial charge in [-0.2, -0.15) is 13.2 Å². The molecule has 7 nitrogen and oxygen atoms in total. The molecule has 0 fully saturated rings. The van der Waals surface area contributed by atoms with E-state index in [0.29, 0.717) is 5.56 Å². The molecule has 0 aromatic heterocycles. The third-order valence-electron chi connectivity index (χ3n) is 3.24. The molecule has 0 atom stereocenters. The maximum atomic E-state index is 13.0. The summed E-state index contributed by atoms with van der Waals surface area (Å²) in [5, 5.41) is 2.57. The topological polar surface area (TPSA) is 113 Å². The van der Waals surface area contributed by atoms with Gasteiger partial charge in [-0.15, -0.1) is 0 Å². The van der Waals surface area contributed by atoms with E-state index in [1.165, 1.54) is 13.8 Å². The molecule has 0 unspecified atom stereocenters. The quantitative estimate of drug-likeness (QED) is 0.290. The molecule has 0 aliphatic heterocycles. The minimum Gasteiger partial charge on any atom is -0.466 e. The highest BCUT2D eigenvalue weighted by molar-refractivity contribution is 6.20. The SMILES string of the molecule is CCOC(=O)C/C(NCc1ccccc1)=C(/C(=O)OCC)C(=O)C(F)(F)F.O. The van der Waals surface area contributed by atoms with Crippen molar-refractivity contribution in [3.8, 4) is 0 Å². The predicted molar refractivity (Wildman–Crippen MR) is 92.9 cm³/mol. The Morgan fingerprint density at radius 2 is 1.57 bits per heavy atom. The van der Waals surface area contributed by atoms with Crippen LogP contribution in [0.2, 0.25) is 0 Å². The van der Waals surface area contributed by atoms with E-state index in [-0.39, 0.29) is 25.2 Å². The number of alkyl halides is 3. The van der Waals surface area contributed by atoms with Crippen molar-refractivity contribution in [2.45, 2.75) is 33.0 Å². The standard InChI is InChI=1S/C18H20F3NO5.H2O/c1-3-26-14(23)10-13(22-11-12-8-6-5-7-9-12)15(17(25)27-4-2)16(24)18(19,20)21;/h5-9,22H,3-4,10-11H2,1-2H3;1H2/b15-13-;. The zero-order valence-electron chi connectivity index (χ0n) is 15.4. The first-order valence-corrected chi connectivity index (χ1v) is 8.15. The second-order valence-corrected chi connectivity index (χ2v) is 5.22. The Kier molecular flexibility index (Phi) is 10.5. The van der Waals surface area contributed by atoms with Gasteiger partial charge in [-0.3, -0.25) is 9.59 Å². The Bertz CT molecular complexity index is 701. The zero-order chi connectivity index (χ0) is 20.4. The summed E-state index contributed by atoms with van der Waals surface area (Å²) in [5.74, 6) is -4.73. The smallest absolute Gasteiger partial charge is 0.455 e. The molecule has 0 heterocycles. The first-order valence-electron chi connectivity index (χ1n) is 8.15. The third kappa shape index (κ3) is 7.78. The number of Topliss-reactive ketones (excluding diaryl/α,β-unsaturated/α-hetero) is 1. The monoisotopic (exact) mass is 405 g/mol. The molecule has 1 aromatic carbocycles. The van der Waals surface area contributed by atoms with E-state index in [1.54, 1.807) is 30.3 Å². The number of carbonyl (C=O) groups is 3. The summed E-state index contributed by atoms with van der Waals surface area (Å²) < 4.78 is 48.2. The van der Waals surface area contributed by atoms with Crippen molar-refractivity contribution in [3.63, 3.8) is 0 Å². The number of rotatable bonds is 9. The fourth-order valence-corrected chi connectivity index (χ4v) is 2.10. The summed E-state index contributed by atoms with van der Waals surface area (Å²) in [6.45, 7) is 2.65. The molecule has 28 heavy (non-hydrogen) atoms. The minimum absolute atomic E-state index is 0. The highest BCUT2D eigenvalue weighted by Gasteiger charge is 2.45. The average molecular weight is 405 g/mol. The Balaban J connectivity index is 0.00000729. The molecule has 1 rings (SSSR count). The van der Waals surface area contributed by atoms with Gasteiger partial charge in [-0.25, -0.2) is 4.79 Å². The maximum Gasteiger partial charge on any atom is 0.455 e. The Hall–Kier alpha value is -2.88. The van der Waals surface area contributed by atoms with Gasteiger partial charge in [-0.1, -0.05) is 30.3 Å². The van der Waals surface area contributed by atoms with Crippen LogP contribution in [0.1, 0.15) is 25.8 Å². The summed E-state index contributed by atoms with van der Waals surface area (Å²) in [7, 11) is 0. The molecule has 0 amide bonds. The summed E-state index contributed by atoms with van der Waals surface area (Å²) in [6, 6.07) is 8.53. The van der Waals surface area contributed by atoms with Crippen molar-refractivity contribution >= 4 is 17.7 Å². The van der Waals surface area contributed by atoms with Crippen molar-refractivity contribution in [1.29, 1.82) is 0 Å². The Morgan fingerprint density at radius 1 is 1.00 bits per heavy atom. The number of carbonyl (C=O) groups excluding carboxylic acids is 3. The molecule has 1 aromatic rings. The normalized spacial score (nSPS) is 11.6. The highest BCUT2D eigenvalue weighted by atomic mass is 19.4. The van der Waals surface area contributed by atoms with Crippen molar-refractivity contribution in [1.82, 2.24) is 5.32 Å². The third-order valence-corrected chi connectivity index (χ3v) is 3.24. The zero-order valence-corrected chi connectivity index (χ0v) is 15.4. The number of halogens is 3. The highest BCUT2D eigenvalue weighted by Crippen LogP contribution is 2.24. The van der Waals surface area contributed by atoms with Crippen LogP contribution in [0.4, 0.5) is 13.2 Å². The van der Waals surface area contributed by atoms with E-state index < -0.39 is 41.6 Å². The largest absolute Gasteiger partial charge is 0.466 e. The molecular formula is C18H22F3NO6. The molecule has 0 saturated heterocycles. The van der Waals surface area contributed by atoms with Crippen LogP contribution < -0.4 is 5.32 Å². The molecule has 156 valence electrons. The first kappa shape index (κ1) is 25.1. The molecule has 3 N–H and O–H groups in total. The van der Waals surface area contributed by atoms with Crippen molar-refractivity contribution in [2.24, 2.45) is 0 Å². The lowest BCUT2D eigenvalue weighted by Crippen LogP contribution is -2.33. The van der Waals surface area contributed by atoms with E-state index >= 15 is 0 Å². The van der Waals surface area contributed by atoms with E-state index in [2.05, 4.69) is 10.1 Å². The van der Waals surface area contributed by atoms with Gasteiger partial charge in [0.25, 0.3) is 5.78 Å². The molecule has 0 aliphatic carbocycles. The summed E-state index contributed by atoms with van der Waals surface area (Å²) >= 11 is 0. The number of ether oxygens (including phenoxy) is 2. The fraction of sp³-hybridized carbons (Fsp3) is 0.389. The summed E-state index contributed by atoms with van der Waals surface area (Å²) in [5.41, 5.74) is -1.09. The van der Waals surface area contributed by atoms with Gasteiger partial charge in [0.2, 0.25) is 0 Å². The number of ketones is 1. The van der Waals surface area contributed by atoms with Crippen molar-refractivity contribution in [2.75, 3.05) is 13.2 Å². The van der Waals surface area contributed by atoms with Crippen LogP contribution in [-0.2, 0) is 30.4 Å². The number of nitrogens with one attached hydrogen (secondary N) is 1. The van der Waals surface area contributed by atoms with Gasteiger partial charge < -0.3 is 20.3 Å². The molecule has 0 spiro atoms. The first-order chi connectivity index (χ1) is 12.7. The lowest BCUT2D eigenvalue weighted by molar-refractivity contribution is -0.168. The Labute approximate surface area is 159 Å². The van der Waals surface area contributed by atoms with Gasteiger partial charge in [0.1, 0.15) is 5.57 Å². The number of benzene rings is 1.